The second kappa shape index (κ2) is 4.07. The Morgan fingerprint density at radius 1 is 1.25 bits per heavy atom. The third-order valence-electron chi connectivity index (χ3n) is 2.30. The first kappa shape index (κ1) is 11.4. The third-order valence-corrected chi connectivity index (χ3v) is 4.38. The summed E-state index contributed by atoms with van der Waals surface area (Å²) in [7, 11) is -3.48. The van der Waals surface area contributed by atoms with Gasteiger partial charge >= 0.3 is 0 Å². The van der Waals surface area contributed by atoms with Crippen LogP contribution >= 0.6 is 11.6 Å². The van der Waals surface area contributed by atoms with E-state index in [9.17, 15) is 13.2 Å². The van der Waals surface area contributed by atoms with Gasteiger partial charge in [-0.1, -0.05) is 11.6 Å². The maximum absolute atomic E-state index is 11.6. The lowest BCUT2D eigenvalue weighted by Crippen LogP contribution is -2.33. The molecular weight excluding hydrogens is 250 g/mol. The van der Waals surface area contributed by atoms with Crippen molar-refractivity contribution in [3.8, 4) is 0 Å². The van der Waals surface area contributed by atoms with Gasteiger partial charge in [0.2, 0.25) is 10.0 Å². The summed E-state index contributed by atoms with van der Waals surface area (Å²) in [5.74, 6) is -0.608. The minimum absolute atomic E-state index is 0.286. The van der Waals surface area contributed by atoms with Crippen LogP contribution in [-0.2, 0) is 10.0 Å². The molecule has 1 aromatic rings. The smallest absolute Gasteiger partial charge is 0.264 e. The highest BCUT2D eigenvalue weighted by Gasteiger charge is 2.36. The highest BCUT2D eigenvalue weighted by Crippen LogP contribution is 2.27. The largest absolute Gasteiger partial charge is 0.268 e. The second-order valence-electron chi connectivity index (χ2n) is 3.68. The number of carbonyl (C=O) groups is 1. The number of carbonyl (C=O) groups excluding carboxylic acids is 1. The highest BCUT2D eigenvalue weighted by molar-refractivity contribution is 7.91. The molecule has 0 atom stereocenters. The van der Waals surface area contributed by atoms with E-state index in [4.69, 9.17) is 11.6 Å². The predicted molar refractivity (Wildman–Crippen MR) is 60.9 cm³/mol. The van der Waals surface area contributed by atoms with Crippen molar-refractivity contribution in [1.82, 2.24) is 4.72 Å². The van der Waals surface area contributed by atoms with Crippen LogP contribution in [0.25, 0.3) is 0 Å². The average Bonchev–Trinajstić information content (AvgIpc) is 3.01. The fraction of sp³-hybridized carbons (Fsp3) is 0.300. The van der Waals surface area contributed by atoms with Crippen LogP contribution in [0.1, 0.15) is 23.2 Å². The molecule has 1 N–H and O–H groups in total. The van der Waals surface area contributed by atoms with Crippen LogP contribution in [0.15, 0.2) is 24.3 Å². The zero-order chi connectivity index (χ0) is 11.8. The molecular formula is C10H10ClNO3S. The Bertz CT molecular complexity index is 505. The van der Waals surface area contributed by atoms with E-state index in [-0.39, 0.29) is 5.56 Å². The van der Waals surface area contributed by atoms with Gasteiger partial charge in [-0.05, 0) is 37.1 Å². The Hall–Kier alpha value is -1.07. The van der Waals surface area contributed by atoms with Crippen LogP contribution in [0.2, 0.25) is 5.02 Å². The number of halogens is 1. The summed E-state index contributed by atoms with van der Waals surface area (Å²) >= 11 is 5.66. The van der Waals surface area contributed by atoms with Crippen molar-refractivity contribution in [3.63, 3.8) is 0 Å². The molecule has 1 fully saturated rings. The van der Waals surface area contributed by atoms with Gasteiger partial charge in [0.25, 0.3) is 5.91 Å². The second-order valence-corrected chi connectivity index (χ2v) is 6.08. The number of amides is 1. The Labute approximate surface area is 98.7 Å². The number of rotatable bonds is 3. The summed E-state index contributed by atoms with van der Waals surface area (Å²) in [6, 6.07) is 6.06. The van der Waals surface area contributed by atoms with Gasteiger partial charge in [0.15, 0.2) is 0 Å². The van der Waals surface area contributed by atoms with E-state index < -0.39 is 21.2 Å². The molecule has 1 aliphatic carbocycles. The molecule has 16 heavy (non-hydrogen) atoms. The predicted octanol–water partition coefficient (Wildman–Crippen LogP) is 1.56. The van der Waals surface area contributed by atoms with Gasteiger partial charge in [0, 0.05) is 10.6 Å². The quantitative estimate of drug-likeness (QED) is 0.896. The van der Waals surface area contributed by atoms with Crippen molar-refractivity contribution in [3.05, 3.63) is 34.9 Å². The van der Waals surface area contributed by atoms with E-state index >= 15 is 0 Å². The van der Waals surface area contributed by atoms with Gasteiger partial charge in [-0.2, -0.15) is 0 Å². The molecule has 0 spiro atoms. The van der Waals surface area contributed by atoms with Crippen LogP contribution in [0.3, 0.4) is 0 Å². The Morgan fingerprint density at radius 2 is 1.81 bits per heavy atom. The minimum atomic E-state index is -3.48. The van der Waals surface area contributed by atoms with Gasteiger partial charge in [0.1, 0.15) is 0 Å². The molecule has 86 valence electrons. The first-order chi connectivity index (χ1) is 7.49. The molecule has 6 heteroatoms. The van der Waals surface area contributed by atoms with Gasteiger partial charge in [-0.3, -0.25) is 4.79 Å². The van der Waals surface area contributed by atoms with Gasteiger partial charge in [0.05, 0.1) is 5.25 Å². The zero-order valence-corrected chi connectivity index (χ0v) is 9.88. The molecule has 0 unspecified atom stereocenters. The lowest BCUT2D eigenvalue weighted by Gasteiger charge is -2.05. The molecule has 1 aromatic carbocycles. The Morgan fingerprint density at radius 3 is 2.31 bits per heavy atom. The minimum Gasteiger partial charge on any atom is -0.268 e. The van der Waals surface area contributed by atoms with Crippen LogP contribution in [0.5, 0.6) is 0 Å². The Balaban J connectivity index is 2.11. The molecule has 0 saturated heterocycles. The molecule has 4 nitrogen and oxygen atoms in total. The topological polar surface area (TPSA) is 63.2 Å². The van der Waals surface area contributed by atoms with Crippen molar-refractivity contribution in [2.45, 2.75) is 18.1 Å². The molecule has 0 bridgehead atoms. The normalized spacial score (nSPS) is 15.8. The molecule has 0 radical (unpaired) electrons. The van der Waals surface area contributed by atoms with E-state index in [1.807, 2.05) is 4.72 Å². The van der Waals surface area contributed by atoms with E-state index in [1.54, 1.807) is 12.1 Å². The molecule has 2 rings (SSSR count). The molecule has 1 aliphatic rings. The summed E-state index contributed by atoms with van der Waals surface area (Å²) < 4.78 is 25.0. The number of benzene rings is 1. The van der Waals surface area contributed by atoms with E-state index in [1.165, 1.54) is 12.1 Å². The van der Waals surface area contributed by atoms with Gasteiger partial charge < -0.3 is 0 Å². The SMILES string of the molecule is O=C(NS(=O)(=O)C1CC1)c1ccc(Cl)cc1. The molecule has 0 aromatic heterocycles. The first-order valence-electron chi connectivity index (χ1n) is 4.80. The Kier molecular flexibility index (Phi) is 2.90. The van der Waals surface area contributed by atoms with Crippen molar-refractivity contribution in [1.29, 1.82) is 0 Å². The summed E-state index contributed by atoms with van der Waals surface area (Å²) in [5.41, 5.74) is 0.286. The third kappa shape index (κ3) is 2.54. The molecule has 1 amide bonds. The van der Waals surface area contributed by atoms with Crippen LogP contribution in [0.4, 0.5) is 0 Å². The summed E-state index contributed by atoms with van der Waals surface area (Å²) in [6.07, 6.45) is 1.26. The average molecular weight is 260 g/mol. The number of hydrogen-bond acceptors (Lipinski definition) is 3. The summed E-state index contributed by atoms with van der Waals surface area (Å²) in [6.45, 7) is 0. The number of hydrogen-bond donors (Lipinski definition) is 1. The molecule has 0 aliphatic heterocycles. The van der Waals surface area contributed by atoms with Crippen molar-refractivity contribution < 1.29 is 13.2 Å². The highest BCUT2D eigenvalue weighted by atomic mass is 35.5. The van der Waals surface area contributed by atoms with Crippen molar-refractivity contribution in [2.75, 3.05) is 0 Å². The van der Waals surface area contributed by atoms with Gasteiger partial charge in [-0.15, -0.1) is 0 Å². The van der Waals surface area contributed by atoms with E-state index in [2.05, 4.69) is 0 Å². The van der Waals surface area contributed by atoms with Crippen LogP contribution in [-0.4, -0.2) is 19.6 Å². The number of nitrogens with one attached hydrogen (secondary N) is 1. The fourth-order valence-electron chi connectivity index (χ4n) is 1.25. The lowest BCUT2D eigenvalue weighted by molar-refractivity contribution is 0.0981. The van der Waals surface area contributed by atoms with Gasteiger partial charge in [-0.25, -0.2) is 13.1 Å². The number of sulfonamides is 1. The fourth-order valence-corrected chi connectivity index (χ4v) is 2.68. The molecule has 1 saturated carbocycles. The zero-order valence-electron chi connectivity index (χ0n) is 8.31. The maximum Gasteiger partial charge on any atom is 0.264 e. The monoisotopic (exact) mass is 259 g/mol. The lowest BCUT2D eigenvalue weighted by atomic mass is 10.2. The maximum atomic E-state index is 11.6. The summed E-state index contributed by atoms with van der Waals surface area (Å²) in [5, 5.41) is 0.102. The van der Waals surface area contributed by atoms with Crippen LogP contribution in [0, 0.1) is 0 Å². The van der Waals surface area contributed by atoms with Crippen molar-refractivity contribution in [2.24, 2.45) is 0 Å². The van der Waals surface area contributed by atoms with Crippen LogP contribution < -0.4 is 4.72 Å². The van der Waals surface area contributed by atoms with E-state index in [0.29, 0.717) is 17.9 Å². The van der Waals surface area contributed by atoms with E-state index in [0.717, 1.165) is 0 Å². The standard InChI is InChI=1S/C10H10ClNO3S/c11-8-3-1-7(2-4-8)10(13)12-16(14,15)9-5-6-9/h1-4,9H,5-6H2,(H,12,13). The first-order valence-corrected chi connectivity index (χ1v) is 6.73. The summed E-state index contributed by atoms with van der Waals surface area (Å²) in [4.78, 5) is 11.6. The molecule has 0 heterocycles. The van der Waals surface area contributed by atoms with Crippen molar-refractivity contribution >= 4 is 27.5 Å².